The summed E-state index contributed by atoms with van der Waals surface area (Å²) in [7, 11) is 1.60. The Bertz CT molecular complexity index is 771. The smallest absolute Gasteiger partial charge is 0.227 e. The Morgan fingerprint density at radius 3 is 2.48 bits per heavy atom. The summed E-state index contributed by atoms with van der Waals surface area (Å²) >= 11 is 0. The highest BCUT2D eigenvalue weighted by molar-refractivity contribution is 5.87. The lowest BCUT2D eigenvalue weighted by Gasteiger charge is -2.12. The monoisotopic (exact) mass is 281 g/mol. The molecule has 3 aromatic rings. The highest BCUT2D eigenvalue weighted by atomic mass is 16.5. The predicted octanol–water partition coefficient (Wildman–Crippen LogP) is 3.53. The Hall–Kier alpha value is -2.59. The first-order valence-corrected chi connectivity index (χ1v) is 6.62. The van der Waals surface area contributed by atoms with Gasteiger partial charge < -0.3 is 14.6 Å². The number of ether oxygens (including phenoxy) is 2. The quantitative estimate of drug-likeness (QED) is 0.795. The molecule has 106 valence electrons. The number of hydrogen-bond donors (Lipinski definition) is 1. The van der Waals surface area contributed by atoms with Crippen LogP contribution in [-0.4, -0.2) is 17.2 Å². The third-order valence-corrected chi connectivity index (χ3v) is 3.20. The molecule has 0 aliphatic rings. The number of aliphatic hydroxyl groups excluding tert-OH is 1. The fraction of sp³-hybridized carbons (Fsp3) is 0.118. The van der Waals surface area contributed by atoms with Gasteiger partial charge in [-0.2, -0.15) is 0 Å². The Balaban J connectivity index is 2.11. The molecule has 1 aromatic heterocycles. The van der Waals surface area contributed by atoms with Crippen molar-refractivity contribution in [2.24, 2.45) is 0 Å². The lowest BCUT2D eigenvalue weighted by atomic mass is 10.1. The van der Waals surface area contributed by atoms with Gasteiger partial charge in [0, 0.05) is 5.39 Å². The summed E-state index contributed by atoms with van der Waals surface area (Å²) in [5.74, 6) is 1.69. The number of hydrogen-bond acceptors (Lipinski definition) is 4. The molecule has 0 bridgehead atoms. The van der Waals surface area contributed by atoms with Crippen molar-refractivity contribution in [2.75, 3.05) is 7.11 Å². The van der Waals surface area contributed by atoms with Gasteiger partial charge in [-0.15, -0.1) is 0 Å². The van der Waals surface area contributed by atoms with Crippen molar-refractivity contribution in [1.29, 1.82) is 0 Å². The first kappa shape index (κ1) is 13.4. The van der Waals surface area contributed by atoms with Crippen LogP contribution in [0.3, 0.4) is 0 Å². The third-order valence-electron chi connectivity index (χ3n) is 3.20. The molecule has 0 atom stereocenters. The lowest BCUT2D eigenvalue weighted by Crippen LogP contribution is -1.96. The molecule has 0 fully saturated rings. The van der Waals surface area contributed by atoms with E-state index in [0.717, 1.165) is 10.8 Å². The first-order valence-electron chi connectivity index (χ1n) is 6.62. The second-order valence-electron chi connectivity index (χ2n) is 4.55. The zero-order valence-electron chi connectivity index (χ0n) is 11.6. The second kappa shape index (κ2) is 5.81. The maximum Gasteiger partial charge on any atom is 0.227 e. The van der Waals surface area contributed by atoms with Crippen molar-refractivity contribution in [3.63, 3.8) is 0 Å². The summed E-state index contributed by atoms with van der Waals surface area (Å²) in [5.41, 5.74) is 0.568. The van der Waals surface area contributed by atoms with Gasteiger partial charge in [0.25, 0.3) is 0 Å². The highest BCUT2D eigenvalue weighted by Crippen LogP contribution is 2.33. The van der Waals surface area contributed by atoms with Crippen LogP contribution in [0, 0.1) is 0 Å². The summed E-state index contributed by atoms with van der Waals surface area (Å²) in [6.07, 6.45) is 0. The standard InChI is InChI=1S/C17H15NO3/c1-20-15-8-4-5-9-16(15)21-17-14-7-3-2-6-12(14)10-13(11-19)18-17/h2-10,19H,11H2,1H3. The minimum Gasteiger partial charge on any atom is -0.493 e. The van der Waals surface area contributed by atoms with E-state index in [9.17, 15) is 5.11 Å². The third kappa shape index (κ3) is 2.66. The number of nitrogens with zero attached hydrogens (tertiary/aromatic N) is 1. The normalized spacial score (nSPS) is 10.6. The number of aliphatic hydroxyl groups is 1. The van der Waals surface area contributed by atoms with Crippen LogP contribution < -0.4 is 9.47 Å². The molecule has 3 rings (SSSR count). The van der Waals surface area contributed by atoms with Crippen LogP contribution >= 0.6 is 0 Å². The molecule has 0 unspecified atom stereocenters. The Morgan fingerprint density at radius 2 is 1.71 bits per heavy atom. The van der Waals surface area contributed by atoms with Crippen LogP contribution in [0.2, 0.25) is 0 Å². The lowest BCUT2D eigenvalue weighted by molar-refractivity contribution is 0.275. The number of rotatable bonds is 4. The molecular weight excluding hydrogens is 266 g/mol. The van der Waals surface area contributed by atoms with Crippen LogP contribution in [0.4, 0.5) is 0 Å². The molecule has 0 radical (unpaired) electrons. The Morgan fingerprint density at radius 1 is 1.00 bits per heavy atom. The van der Waals surface area contributed by atoms with Gasteiger partial charge in [0.2, 0.25) is 5.88 Å². The Labute approximate surface area is 122 Å². The predicted molar refractivity (Wildman–Crippen MR) is 80.7 cm³/mol. The van der Waals surface area contributed by atoms with E-state index in [1.54, 1.807) is 7.11 Å². The molecule has 2 aromatic carbocycles. The van der Waals surface area contributed by atoms with Gasteiger partial charge >= 0.3 is 0 Å². The van der Waals surface area contributed by atoms with Crippen LogP contribution in [0.25, 0.3) is 10.8 Å². The van der Waals surface area contributed by atoms with Gasteiger partial charge in [0.1, 0.15) is 0 Å². The summed E-state index contributed by atoms with van der Waals surface area (Å²) in [5, 5.41) is 11.2. The zero-order chi connectivity index (χ0) is 14.7. The van der Waals surface area contributed by atoms with Crippen molar-refractivity contribution < 1.29 is 14.6 Å². The maximum absolute atomic E-state index is 9.35. The maximum atomic E-state index is 9.35. The zero-order valence-corrected chi connectivity index (χ0v) is 11.6. The number of para-hydroxylation sites is 2. The fourth-order valence-electron chi connectivity index (χ4n) is 2.19. The largest absolute Gasteiger partial charge is 0.493 e. The van der Waals surface area contributed by atoms with E-state index in [4.69, 9.17) is 9.47 Å². The van der Waals surface area contributed by atoms with Crippen molar-refractivity contribution in [3.8, 4) is 17.4 Å². The van der Waals surface area contributed by atoms with Gasteiger partial charge in [-0.05, 0) is 29.7 Å². The number of pyridine rings is 1. The molecule has 4 nitrogen and oxygen atoms in total. The molecule has 0 amide bonds. The van der Waals surface area contributed by atoms with E-state index in [1.807, 2.05) is 54.6 Å². The average molecular weight is 281 g/mol. The van der Waals surface area contributed by atoms with E-state index in [-0.39, 0.29) is 6.61 Å². The summed E-state index contributed by atoms with van der Waals surface area (Å²) in [6, 6.07) is 17.0. The molecule has 1 N–H and O–H groups in total. The molecule has 0 aliphatic carbocycles. The van der Waals surface area contributed by atoms with Crippen LogP contribution in [0.15, 0.2) is 54.6 Å². The first-order chi connectivity index (χ1) is 10.3. The van der Waals surface area contributed by atoms with Gasteiger partial charge in [-0.1, -0.05) is 30.3 Å². The molecule has 0 spiro atoms. The second-order valence-corrected chi connectivity index (χ2v) is 4.55. The molecule has 21 heavy (non-hydrogen) atoms. The van der Waals surface area contributed by atoms with Crippen molar-refractivity contribution in [2.45, 2.75) is 6.61 Å². The van der Waals surface area contributed by atoms with Gasteiger partial charge in [-0.25, -0.2) is 4.98 Å². The Kier molecular flexibility index (Phi) is 3.71. The van der Waals surface area contributed by atoms with Crippen LogP contribution in [0.1, 0.15) is 5.69 Å². The summed E-state index contributed by atoms with van der Waals surface area (Å²) in [6.45, 7) is -0.132. The van der Waals surface area contributed by atoms with Crippen molar-refractivity contribution in [1.82, 2.24) is 4.98 Å². The van der Waals surface area contributed by atoms with E-state index in [2.05, 4.69) is 4.98 Å². The van der Waals surface area contributed by atoms with E-state index in [0.29, 0.717) is 23.1 Å². The van der Waals surface area contributed by atoms with E-state index >= 15 is 0 Å². The van der Waals surface area contributed by atoms with Crippen molar-refractivity contribution in [3.05, 3.63) is 60.3 Å². The summed E-state index contributed by atoms with van der Waals surface area (Å²) in [4.78, 5) is 4.36. The average Bonchev–Trinajstić information content (AvgIpc) is 2.55. The SMILES string of the molecule is COc1ccccc1Oc1nc(CO)cc2ccccc12. The molecular formula is C17H15NO3. The van der Waals surface area contributed by atoms with E-state index in [1.165, 1.54) is 0 Å². The van der Waals surface area contributed by atoms with E-state index < -0.39 is 0 Å². The molecule has 1 heterocycles. The number of fused-ring (bicyclic) bond motifs is 1. The number of benzene rings is 2. The minimum absolute atomic E-state index is 0.132. The number of aromatic nitrogens is 1. The topological polar surface area (TPSA) is 51.6 Å². The van der Waals surface area contributed by atoms with Gasteiger partial charge in [0.05, 0.1) is 19.4 Å². The van der Waals surface area contributed by atoms with Gasteiger partial charge in [0.15, 0.2) is 11.5 Å². The van der Waals surface area contributed by atoms with Gasteiger partial charge in [-0.3, -0.25) is 0 Å². The highest BCUT2D eigenvalue weighted by Gasteiger charge is 2.10. The van der Waals surface area contributed by atoms with Crippen LogP contribution in [-0.2, 0) is 6.61 Å². The molecule has 4 heteroatoms. The molecule has 0 saturated heterocycles. The minimum atomic E-state index is -0.132. The van der Waals surface area contributed by atoms with Crippen LogP contribution in [0.5, 0.6) is 17.4 Å². The van der Waals surface area contributed by atoms with Crippen molar-refractivity contribution >= 4 is 10.8 Å². The summed E-state index contributed by atoms with van der Waals surface area (Å²) < 4.78 is 11.2. The molecule has 0 saturated carbocycles. The molecule has 0 aliphatic heterocycles. The fourth-order valence-corrected chi connectivity index (χ4v) is 2.19. The number of methoxy groups -OCH3 is 1.